The molecule has 0 unspecified atom stereocenters. The number of amides is 1. The maximum absolute atomic E-state index is 12.3. The predicted octanol–water partition coefficient (Wildman–Crippen LogP) is 2.76. The van der Waals surface area contributed by atoms with Crippen molar-refractivity contribution >= 4 is 5.91 Å². The van der Waals surface area contributed by atoms with Crippen LogP contribution in [0.1, 0.15) is 49.1 Å². The van der Waals surface area contributed by atoms with E-state index in [1.54, 1.807) is 0 Å². The van der Waals surface area contributed by atoms with E-state index < -0.39 is 0 Å². The lowest BCUT2D eigenvalue weighted by Gasteiger charge is -2.22. The summed E-state index contributed by atoms with van der Waals surface area (Å²) in [6, 6.07) is 10.3. The fourth-order valence-corrected chi connectivity index (χ4v) is 4.21. The first kappa shape index (κ1) is 17.3. The zero-order valence-electron chi connectivity index (χ0n) is 15.3. The molecule has 26 heavy (non-hydrogen) atoms. The number of piperidine rings is 1. The zero-order valence-corrected chi connectivity index (χ0v) is 15.3. The van der Waals surface area contributed by atoms with Gasteiger partial charge in [-0.3, -0.25) is 4.79 Å². The summed E-state index contributed by atoms with van der Waals surface area (Å²) in [5.74, 6) is 0.855. The predicted molar refractivity (Wildman–Crippen MR) is 102 cm³/mol. The Kier molecular flexibility index (Phi) is 5.34. The highest BCUT2D eigenvalue weighted by Gasteiger charge is 2.23. The third-order valence-electron chi connectivity index (χ3n) is 5.71. The van der Waals surface area contributed by atoms with Crippen LogP contribution in [0.2, 0.25) is 0 Å². The van der Waals surface area contributed by atoms with E-state index in [1.165, 1.54) is 30.5 Å². The summed E-state index contributed by atoms with van der Waals surface area (Å²) < 4.78 is 2.07. The maximum atomic E-state index is 12.3. The van der Waals surface area contributed by atoms with E-state index >= 15 is 0 Å². The van der Waals surface area contributed by atoms with Gasteiger partial charge in [0.1, 0.15) is 0 Å². The van der Waals surface area contributed by atoms with Gasteiger partial charge in [0.2, 0.25) is 5.91 Å². The van der Waals surface area contributed by atoms with Crippen molar-refractivity contribution in [2.24, 2.45) is 5.92 Å². The molecule has 1 aliphatic carbocycles. The van der Waals surface area contributed by atoms with Crippen molar-refractivity contribution < 1.29 is 4.79 Å². The molecule has 0 spiro atoms. The van der Waals surface area contributed by atoms with Crippen molar-refractivity contribution in [3.05, 3.63) is 47.3 Å². The molecule has 1 aromatic carbocycles. The smallest absolute Gasteiger partial charge is 0.220 e. The van der Waals surface area contributed by atoms with E-state index in [1.807, 2.05) is 18.2 Å². The monoisotopic (exact) mass is 352 g/mol. The van der Waals surface area contributed by atoms with Gasteiger partial charge >= 0.3 is 0 Å². The number of benzene rings is 1. The zero-order chi connectivity index (χ0) is 17.8. The molecule has 4 rings (SSSR count). The number of carbonyl (C=O) groups excluding carboxylic acids is 1. The number of hydrogen-bond donors (Lipinski definition) is 2. The number of carbonyl (C=O) groups is 1. The number of para-hydroxylation sites is 1. The van der Waals surface area contributed by atoms with Crippen LogP contribution in [0.3, 0.4) is 0 Å². The second-order valence-electron chi connectivity index (χ2n) is 7.48. The fourth-order valence-electron chi connectivity index (χ4n) is 4.21. The summed E-state index contributed by atoms with van der Waals surface area (Å²) in [7, 11) is 0. The molecule has 5 nitrogen and oxygen atoms in total. The summed E-state index contributed by atoms with van der Waals surface area (Å²) in [6.07, 6.45) is 7.35. The molecule has 2 N–H and O–H groups in total. The standard InChI is InChI=1S/C21H28N4O/c26-21(10-9-16-11-13-22-14-12-16)23-15-19-18-7-4-8-20(18)25(24-19)17-5-2-1-3-6-17/h1-3,5-6,16,22H,4,7-15H2,(H,23,26). The SMILES string of the molecule is O=C(CCC1CCNCC1)NCc1nn(-c2ccccc2)c2c1CCC2. The lowest BCUT2D eigenvalue weighted by molar-refractivity contribution is -0.121. The quantitative estimate of drug-likeness (QED) is 0.840. The van der Waals surface area contributed by atoms with Crippen LogP contribution in [0.4, 0.5) is 0 Å². The molecule has 2 aliphatic rings. The Morgan fingerprint density at radius 3 is 2.81 bits per heavy atom. The van der Waals surface area contributed by atoms with E-state index in [4.69, 9.17) is 5.10 Å². The van der Waals surface area contributed by atoms with Gasteiger partial charge in [0.05, 0.1) is 17.9 Å². The largest absolute Gasteiger partial charge is 0.350 e. The summed E-state index contributed by atoms with van der Waals surface area (Å²) >= 11 is 0. The van der Waals surface area contributed by atoms with Gasteiger partial charge in [-0.05, 0) is 75.2 Å². The Morgan fingerprint density at radius 1 is 1.19 bits per heavy atom. The molecule has 5 heteroatoms. The third-order valence-corrected chi connectivity index (χ3v) is 5.71. The van der Waals surface area contributed by atoms with Gasteiger partial charge in [-0.1, -0.05) is 18.2 Å². The Hall–Kier alpha value is -2.14. The second-order valence-corrected chi connectivity index (χ2v) is 7.48. The molecule has 1 aromatic heterocycles. The van der Waals surface area contributed by atoms with Gasteiger partial charge in [-0.2, -0.15) is 5.10 Å². The lowest BCUT2D eigenvalue weighted by atomic mass is 9.93. The molecule has 138 valence electrons. The van der Waals surface area contributed by atoms with Crippen molar-refractivity contribution in [3.8, 4) is 5.69 Å². The summed E-state index contributed by atoms with van der Waals surface area (Å²) in [6.45, 7) is 2.73. The first-order valence-corrected chi connectivity index (χ1v) is 9.94. The molecule has 0 radical (unpaired) electrons. The van der Waals surface area contributed by atoms with E-state index in [9.17, 15) is 4.79 Å². The van der Waals surface area contributed by atoms with E-state index in [-0.39, 0.29) is 5.91 Å². The number of nitrogens with one attached hydrogen (secondary N) is 2. The van der Waals surface area contributed by atoms with Crippen LogP contribution < -0.4 is 10.6 Å². The van der Waals surface area contributed by atoms with Crippen LogP contribution in [-0.2, 0) is 24.2 Å². The third kappa shape index (κ3) is 3.83. The number of rotatable bonds is 6. The van der Waals surface area contributed by atoms with Gasteiger partial charge in [0.25, 0.3) is 0 Å². The molecule has 1 fully saturated rings. The summed E-state index contributed by atoms with van der Waals surface area (Å²) in [4.78, 5) is 12.3. The van der Waals surface area contributed by atoms with Crippen molar-refractivity contribution in [3.63, 3.8) is 0 Å². The minimum Gasteiger partial charge on any atom is -0.350 e. The highest BCUT2D eigenvalue weighted by atomic mass is 16.1. The molecular weight excluding hydrogens is 324 g/mol. The Morgan fingerprint density at radius 2 is 2.00 bits per heavy atom. The highest BCUT2D eigenvalue weighted by Crippen LogP contribution is 2.27. The van der Waals surface area contributed by atoms with Gasteiger partial charge in [-0.25, -0.2) is 4.68 Å². The number of nitrogens with zero attached hydrogens (tertiary/aromatic N) is 2. The van der Waals surface area contributed by atoms with E-state index in [0.717, 1.165) is 43.7 Å². The first-order valence-electron chi connectivity index (χ1n) is 9.94. The molecule has 1 amide bonds. The van der Waals surface area contributed by atoms with Crippen molar-refractivity contribution in [1.29, 1.82) is 0 Å². The molecule has 2 heterocycles. The lowest BCUT2D eigenvalue weighted by Crippen LogP contribution is -2.29. The van der Waals surface area contributed by atoms with Gasteiger partial charge in [0, 0.05) is 12.1 Å². The van der Waals surface area contributed by atoms with E-state index in [2.05, 4.69) is 27.4 Å². The molecule has 2 aromatic rings. The molecule has 0 bridgehead atoms. The van der Waals surface area contributed by atoms with Crippen molar-refractivity contribution in [2.75, 3.05) is 13.1 Å². The first-order chi connectivity index (χ1) is 12.8. The van der Waals surface area contributed by atoms with Crippen LogP contribution in [0.15, 0.2) is 30.3 Å². The minimum absolute atomic E-state index is 0.157. The van der Waals surface area contributed by atoms with Crippen LogP contribution >= 0.6 is 0 Å². The highest BCUT2D eigenvalue weighted by molar-refractivity contribution is 5.75. The second kappa shape index (κ2) is 8.04. The number of fused-ring (bicyclic) bond motifs is 1. The Balaban J connectivity index is 1.37. The van der Waals surface area contributed by atoms with Crippen molar-refractivity contribution in [1.82, 2.24) is 20.4 Å². The van der Waals surface area contributed by atoms with Crippen molar-refractivity contribution in [2.45, 2.75) is 51.5 Å². The van der Waals surface area contributed by atoms with Gasteiger partial charge in [-0.15, -0.1) is 0 Å². The topological polar surface area (TPSA) is 59.0 Å². The molecule has 1 aliphatic heterocycles. The average Bonchev–Trinajstić information content (AvgIpc) is 3.29. The maximum Gasteiger partial charge on any atom is 0.220 e. The molecule has 0 saturated carbocycles. The summed E-state index contributed by atoms with van der Waals surface area (Å²) in [5.41, 5.74) is 4.80. The fraction of sp³-hybridized carbons (Fsp3) is 0.524. The Bertz CT molecular complexity index is 747. The minimum atomic E-state index is 0.157. The van der Waals surface area contributed by atoms with Crippen LogP contribution in [0, 0.1) is 5.92 Å². The molecular formula is C21H28N4O. The summed E-state index contributed by atoms with van der Waals surface area (Å²) in [5, 5.41) is 11.3. The molecule has 1 saturated heterocycles. The van der Waals surface area contributed by atoms with Crippen LogP contribution in [0.5, 0.6) is 0 Å². The number of aromatic nitrogens is 2. The van der Waals surface area contributed by atoms with Gasteiger partial charge in [0.15, 0.2) is 0 Å². The Labute approximate surface area is 155 Å². The number of hydrogen-bond acceptors (Lipinski definition) is 3. The van der Waals surface area contributed by atoms with Crippen LogP contribution in [-0.4, -0.2) is 28.8 Å². The van der Waals surface area contributed by atoms with Crippen LogP contribution in [0.25, 0.3) is 5.69 Å². The van der Waals surface area contributed by atoms with E-state index in [0.29, 0.717) is 18.9 Å². The average molecular weight is 352 g/mol. The van der Waals surface area contributed by atoms with Gasteiger partial charge < -0.3 is 10.6 Å². The molecule has 0 atom stereocenters. The normalized spacial score (nSPS) is 17.2.